The van der Waals surface area contributed by atoms with Crippen LogP contribution in [0.2, 0.25) is 5.02 Å². The van der Waals surface area contributed by atoms with Crippen molar-refractivity contribution in [2.45, 2.75) is 0 Å². The highest BCUT2D eigenvalue weighted by atomic mass is 79.9. The second-order valence-corrected chi connectivity index (χ2v) is 5.45. The highest BCUT2D eigenvalue weighted by Crippen LogP contribution is 2.32. The van der Waals surface area contributed by atoms with Crippen LogP contribution in [0.1, 0.15) is 10.4 Å². The van der Waals surface area contributed by atoms with E-state index in [1.54, 1.807) is 18.2 Å². The topological polar surface area (TPSA) is 63.3 Å². The van der Waals surface area contributed by atoms with Crippen molar-refractivity contribution in [1.82, 2.24) is 4.98 Å². The second kappa shape index (κ2) is 4.92. The van der Waals surface area contributed by atoms with Crippen LogP contribution < -0.4 is 0 Å². The first-order valence-corrected chi connectivity index (χ1v) is 6.81. The molecule has 6 heteroatoms. The average molecular weight is 353 g/mol. The zero-order valence-electron chi connectivity index (χ0n) is 9.93. The Morgan fingerprint density at radius 2 is 2.05 bits per heavy atom. The van der Waals surface area contributed by atoms with Gasteiger partial charge in [-0.2, -0.15) is 0 Å². The van der Waals surface area contributed by atoms with Crippen molar-refractivity contribution in [1.29, 1.82) is 0 Å². The van der Waals surface area contributed by atoms with Crippen LogP contribution in [0.25, 0.3) is 22.6 Å². The largest absolute Gasteiger partial charge is 0.478 e. The fourth-order valence-corrected chi connectivity index (χ4v) is 2.39. The molecule has 1 heterocycles. The van der Waals surface area contributed by atoms with Crippen molar-refractivity contribution in [3.63, 3.8) is 0 Å². The standard InChI is InChI=1S/C14H7BrClNO3/c15-8-2-3-10(16)9(6-8)13-17-11-4-1-7(14(18)19)5-12(11)20-13/h1-6H,(H,18,19). The molecule has 0 unspecified atom stereocenters. The molecule has 0 aliphatic heterocycles. The Kier molecular flexibility index (Phi) is 3.23. The minimum absolute atomic E-state index is 0.153. The molecular formula is C14H7BrClNO3. The minimum atomic E-state index is -1.01. The Morgan fingerprint density at radius 3 is 2.80 bits per heavy atom. The lowest BCUT2D eigenvalue weighted by atomic mass is 10.2. The van der Waals surface area contributed by atoms with E-state index < -0.39 is 5.97 Å². The molecule has 0 fully saturated rings. The third-order valence-electron chi connectivity index (χ3n) is 2.79. The Morgan fingerprint density at radius 1 is 1.25 bits per heavy atom. The van der Waals surface area contributed by atoms with Gasteiger partial charge in [-0.1, -0.05) is 27.5 Å². The number of rotatable bonds is 2. The maximum absolute atomic E-state index is 10.9. The monoisotopic (exact) mass is 351 g/mol. The highest BCUT2D eigenvalue weighted by Gasteiger charge is 2.13. The molecule has 1 aromatic heterocycles. The quantitative estimate of drug-likeness (QED) is 0.731. The summed E-state index contributed by atoms with van der Waals surface area (Å²) < 4.78 is 6.45. The van der Waals surface area contributed by atoms with E-state index in [1.807, 2.05) is 6.07 Å². The molecule has 0 atom stereocenters. The maximum Gasteiger partial charge on any atom is 0.335 e. The first kappa shape index (κ1) is 13.1. The summed E-state index contributed by atoms with van der Waals surface area (Å²) in [6, 6.07) is 9.89. The smallest absolute Gasteiger partial charge is 0.335 e. The Balaban J connectivity index is 2.17. The Labute approximate surface area is 127 Å². The molecule has 1 N–H and O–H groups in total. The van der Waals surface area contributed by atoms with Crippen LogP contribution in [0.4, 0.5) is 0 Å². The van der Waals surface area contributed by atoms with Crippen molar-refractivity contribution in [2.24, 2.45) is 0 Å². The molecule has 3 rings (SSSR count). The van der Waals surface area contributed by atoms with Gasteiger partial charge in [-0.25, -0.2) is 9.78 Å². The van der Waals surface area contributed by atoms with Crippen LogP contribution in [0.15, 0.2) is 45.3 Å². The van der Waals surface area contributed by atoms with E-state index in [0.717, 1.165) is 4.47 Å². The molecular weight excluding hydrogens is 346 g/mol. The number of aromatic nitrogens is 1. The summed E-state index contributed by atoms with van der Waals surface area (Å²) >= 11 is 9.49. The number of fused-ring (bicyclic) bond motifs is 1. The van der Waals surface area contributed by atoms with Gasteiger partial charge in [0, 0.05) is 4.47 Å². The van der Waals surface area contributed by atoms with Gasteiger partial charge < -0.3 is 9.52 Å². The maximum atomic E-state index is 10.9. The molecule has 4 nitrogen and oxygen atoms in total. The van der Waals surface area contributed by atoms with Gasteiger partial charge in [-0.15, -0.1) is 0 Å². The molecule has 0 radical (unpaired) electrons. The lowest BCUT2D eigenvalue weighted by molar-refractivity contribution is 0.0697. The summed E-state index contributed by atoms with van der Waals surface area (Å²) in [7, 11) is 0. The number of carboxylic acid groups (broad SMARTS) is 1. The van der Waals surface area contributed by atoms with E-state index >= 15 is 0 Å². The number of halogens is 2. The normalized spacial score (nSPS) is 10.9. The summed E-state index contributed by atoms with van der Waals surface area (Å²) in [5.74, 6) is -0.654. The van der Waals surface area contributed by atoms with Crippen LogP contribution in [0.5, 0.6) is 0 Å². The van der Waals surface area contributed by atoms with Crippen LogP contribution in [0.3, 0.4) is 0 Å². The zero-order chi connectivity index (χ0) is 14.3. The van der Waals surface area contributed by atoms with Crippen molar-refractivity contribution in [3.8, 4) is 11.5 Å². The van der Waals surface area contributed by atoms with E-state index in [-0.39, 0.29) is 5.56 Å². The summed E-state index contributed by atoms with van der Waals surface area (Å²) in [6.45, 7) is 0. The van der Waals surface area contributed by atoms with Crippen LogP contribution in [-0.2, 0) is 0 Å². The minimum Gasteiger partial charge on any atom is -0.478 e. The third-order valence-corrected chi connectivity index (χ3v) is 3.62. The fraction of sp³-hybridized carbons (Fsp3) is 0. The van der Waals surface area contributed by atoms with Crippen LogP contribution >= 0.6 is 27.5 Å². The van der Waals surface area contributed by atoms with Gasteiger partial charge in [0.25, 0.3) is 0 Å². The Hall–Kier alpha value is -1.85. The molecule has 0 aliphatic rings. The number of hydrogen-bond donors (Lipinski definition) is 1. The highest BCUT2D eigenvalue weighted by molar-refractivity contribution is 9.10. The molecule has 0 saturated heterocycles. The van der Waals surface area contributed by atoms with Gasteiger partial charge in [-0.05, 0) is 36.4 Å². The molecule has 2 aromatic carbocycles. The van der Waals surface area contributed by atoms with Gasteiger partial charge in [0.2, 0.25) is 5.89 Å². The second-order valence-electron chi connectivity index (χ2n) is 4.13. The number of aromatic carboxylic acids is 1. The molecule has 0 amide bonds. The first-order valence-electron chi connectivity index (χ1n) is 5.64. The van der Waals surface area contributed by atoms with Gasteiger partial charge in [0.1, 0.15) is 5.52 Å². The number of benzene rings is 2. The fourth-order valence-electron chi connectivity index (χ4n) is 1.83. The summed E-state index contributed by atoms with van der Waals surface area (Å²) in [5, 5.41) is 9.47. The molecule has 0 saturated carbocycles. The van der Waals surface area contributed by atoms with Crippen LogP contribution in [0, 0.1) is 0 Å². The molecule has 0 aliphatic carbocycles. The average Bonchev–Trinajstić information content (AvgIpc) is 2.83. The van der Waals surface area contributed by atoms with E-state index in [1.165, 1.54) is 12.1 Å². The predicted octanol–water partition coefficient (Wildman–Crippen LogP) is 4.61. The number of carbonyl (C=O) groups is 1. The van der Waals surface area contributed by atoms with E-state index in [9.17, 15) is 4.79 Å². The van der Waals surface area contributed by atoms with Gasteiger partial charge in [0.15, 0.2) is 5.58 Å². The van der Waals surface area contributed by atoms with Crippen molar-refractivity contribution < 1.29 is 14.3 Å². The number of carboxylic acids is 1. The first-order chi connectivity index (χ1) is 9.54. The summed E-state index contributed by atoms with van der Waals surface area (Å²) in [5.41, 5.74) is 1.80. The van der Waals surface area contributed by atoms with Gasteiger partial charge in [-0.3, -0.25) is 0 Å². The van der Waals surface area contributed by atoms with E-state index in [2.05, 4.69) is 20.9 Å². The van der Waals surface area contributed by atoms with E-state index in [0.29, 0.717) is 27.6 Å². The van der Waals surface area contributed by atoms with Gasteiger partial charge in [0.05, 0.1) is 16.1 Å². The van der Waals surface area contributed by atoms with Crippen molar-refractivity contribution in [3.05, 3.63) is 51.5 Å². The SMILES string of the molecule is O=C(O)c1ccc2nc(-c3cc(Br)ccc3Cl)oc2c1. The van der Waals surface area contributed by atoms with Crippen molar-refractivity contribution in [2.75, 3.05) is 0 Å². The number of hydrogen-bond acceptors (Lipinski definition) is 3. The molecule has 20 heavy (non-hydrogen) atoms. The number of nitrogens with zero attached hydrogens (tertiary/aromatic N) is 1. The van der Waals surface area contributed by atoms with Crippen LogP contribution in [-0.4, -0.2) is 16.1 Å². The molecule has 0 bridgehead atoms. The zero-order valence-corrected chi connectivity index (χ0v) is 12.3. The Bertz CT molecular complexity index is 828. The third kappa shape index (κ3) is 2.30. The summed E-state index contributed by atoms with van der Waals surface area (Å²) in [6.07, 6.45) is 0. The molecule has 3 aromatic rings. The lowest BCUT2D eigenvalue weighted by Gasteiger charge is -1.99. The molecule has 100 valence electrons. The summed E-state index contributed by atoms with van der Waals surface area (Å²) in [4.78, 5) is 15.3. The van der Waals surface area contributed by atoms with Gasteiger partial charge >= 0.3 is 5.97 Å². The van der Waals surface area contributed by atoms with Crippen molar-refractivity contribution >= 4 is 44.6 Å². The number of oxazole rings is 1. The molecule has 0 spiro atoms. The lowest BCUT2D eigenvalue weighted by Crippen LogP contribution is -1.94. The predicted molar refractivity (Wildman–Crippen MR) is 79.1 cm³/mol. The van der Waals surface area contributed by atoms with E-state index in [4.69, 9.17) is 21.1 Å².